The third kappa shape index (κ3) is 3.56. The lowest BCUT2D eigenvalue weighted by molar-refractivity contribution is -0.137. The van der Waals surface area contributed by atoms with Gasteiger partial charge in [-0.3, -0.25) is 4.79 Å². The van der Waals surface area contributed by atoms with Crippen LogP contribution in [0.2, 0.25) is 0 Å². The van der Waals surface area contributed by atoms with Crippen molar-refractivity contribution in [2.24, 2.45) is 5.41 Å². The van der Waals surface area contributed by atoms with E-state index >= 15 is 0 Å². The molecule has 0 unspecified atom stereocenters. The fourth-order valence-corrected chi connectivity index (χ4v) is 2.68. The van der Waals surface area contributed by atoms with Gasteiger partial charge >= 0.3 is 6.18 Å². The van der Waals surface area contributed by atoms with Crippen LogP contribution in [0.3, 0.4) is 0 Å². The van der Waals surface area contributed by atoms with Gasteiger partial charge in [0.25, 0.3) is 0 Å². The highest BCUT2D eigenvalue weighted by molar-refractivity contribution is 5.95. The first kappa shape index (κ1) is 15.8. The zero-order valence-corrected chi connectivity index (χ0v) is 11.9. The van der Waals surface area contributed by atoms with Gasteiger partial charge in [0.2, 0.25) is 5.91 Å². The first-order chi connectivity index (χ1) is 9.87. The summed E-state index contributed by atoms with van der Waals surface area (Å²) in [6.45, 7) is 3.45. The third-order valence-electron chi connectivity index (χ3n) is 4.17. The predicted molar refractivity (Wildman–Crippen MR) is 74.9 cm³/mol. The predicted octanol–water partition coefficient (Wildman–Crippen LogP) is 3.42. The first-order valence-electron chi connectivity index (χ1n) is 7.07. The zero-order valence-electron chi connectivity index (χ0n) is 11.9. The van der Waals surface area contributed by atoms with Crippen LogP contribution in [0.25, 0.3) is 0 Å². The molecule has 1 aliphatic rings. The Morgan fingerprint density at radius 3 is 2.57 bits per heavy atom. The molecule has 1 saturated heterocycles. The molecule has 1 aromatic rings. The molecule has 0 bridgehead atoms. The van der Waals surface area contributed by atoms with Crippen LogP contribution in [0, 0.1) is 5.41 Å². The number of amides is 1. The molecule has 0 radical (unpaired) electrons. The molecule has 1 aliphatic heterocycles. The molecule has 1 heterocycles. The normalized spacial score (nSPS) is 18.3. The summed E-state index contributed by atoms with van der Waals surface area (Å²) in [5.41, 5.74) is -1.04. The number of hydrogen-bond acceptors (Lipinski definition) is 2. The number of nitrogens with one attached hydrogen (secondary N) is 2. The Morgan fingerprint density at radius 1 is 1.33 bits per heavy atom. The average Bonchev–Trinajstić information content (AvgIpc) is 2.47. The number of halogens is 3. The van der Waals surface area contributed by atoms with Crippen molar-refractivity contribution < 1.29 is 18.0 Å². The summed E-state index contributed by atoms with van der Waals surface area (Å²) in [6.07, 6.45) is -2.32. The van der Waals surface area contributed by atoms with Crippen LogP contribution in [0.15, 0.2) is 24.3 Å². The van der Waals surface area contributed by atoms with Crippen LogP contribution in [-0.4, -0.2) is 19.0 Å². The Labute approximate surface area is 121 Å². The van der Waals surface area contributed by atoms with Crippen LogP contribution < -0.4 is 10.6 Å². The van der Waals surface area contributed by atoms with E-state index in [1.54, 1.807) is 0 Å². The second kappa shape index (κ2) is 6.05. The molecule has 0 aromatic heterocycles. The lowest BCUT2D eigenvalue weighted by Gasteiger charge is -2.35. The highest BCUT2D eigenvalue weighted by atomic mass is 19.4. The van der Waals surface area contributed by atoms with Crippen molar-refractivity contribution in [2.45, 2.75) is 32.4 Å². The molecule has 1 aromatic carbocycles. The number of piperidine rings is 1. The van der Waals surface area contributed by atoms with E-state index in [9.17, 15) is 18.0 Å². The number of anilines is 1. The molecule has 2 rings (SSSR count). The minimum absolute atomic E-state index is 0.189. The number of alkyl halides is 3. The standard InChI is InChI=1S/C15H19F3N2O/c1-2-14(6-8-19-9-7-14)13(21)20-12-5-3-4-11(10-12)15(16,17)18/h3-5,10,19H,2,6-9H2,1H3,(H,20,21). The summed E-state index contributed by atoms with van der Waals surface area (Å²) in [7, 11) is 0. The van der Waals surface area contributed by atoms with Crippen LogP contribution >= 0.6 is 0 Å². The summed E-state index contributed by atoms with van der Waals surface area (Å²) < 4.78 is 38.0. The van der Waals surface area contributed by atoms with E-state index < -0.39 is 17.2 Å². The van der Waals surface area contributed by atoms with Gasteiger partial charge in [-0.05, 0) is 50.6 Å². The second-order valence-corrected chi connectivity index (χ2v) is 5.42. The summed E-state index contributed by atoms with van der Waals surface area (Å²) in [5.74, 6) is -0.189. The maximum atomic E-state index is 12.7. The Morgan fingerprint density at radius 2 is 2.00 bits per heavy atom. The van der Waals surface area contributed by atoms with E-state index in [0.29, 0.717) is 19.3 Å². The first-order valence-corrected chi connectivity index (χ1v) is 7.07. The van der Waals surface area contributed by atoms with Gasteiger partial charge in [-0.1, -0.05) is 13.0 Å². The molecule has 3 nitrogen and oxygen atoms in total. The minimum Gasteiger partial charge on any atom is -0.326 e. The lowest BCUT2D eigenvalue weighted by atomic mass is 9.76. The Balaban J connectivity index is 2.15. The number of carbonyl (C=O) groups excluding carboxylic acids is 1. The Bertz CT molecular complexity index is 508. The van der Waals surface area contributed by atoms with Crippen LogP contribution in [0.5, 0.6) is 0 Å². The van der Waals surface area contributed by atoms with Crippen LogP contribution in [-0.2, 0) is 11.0 Å². The van der Waals surface area contributed by atoms with E-state index in [2.05, 4.69) is 10.6 Å². The maximum absolute atomic E-state index is 12.7. The molecule has 0 saturated carbocycles. The molecule has 21 heavy (non-hydrogen) atoms. The molecular weight excluding hydrogens is 281 g/mol. The highest BCUT2D eigenvalue weighted by Crippen LogP contribution is 2.35. The van der Waals surface area contributed by atoms with Gasteiger partial charge in [-0.15, -0.1) is 0 Å². The number of benzene rings is 1. The second-order valence-electron chi connectivity index (χ2n) is 5.42. The fourth-order valence-electron chi connectivity index (χ4n) is 2.68. The zero-order chi connectivity index (χ0) is 15.5. The molecule has 2 N–H and O–H groups in total. The average molecular weight is 300 g/mol. The number of hydrogen-bond donors (Lipinski definition) is 2. The van der Waals surface area contributed by atoms with Gasteiger partial charge in [0.05, 0.1) is 11.0 Å². The van der Waals surface area contributed by atoms with Gasteiger partial charge in [0.15, 0.2) is 0 Å². The van der Waals surface area contributed by atoms with Gasteiger partial charge in [0.1, 0.15) is 0 Å². The summed E-state index contributed by atoms with van der Waals surface area (Å²) in [5, 5.41) is 5.84. The van der Waals surface area contributed by atoms with E-state index in [1.807, 2.05) is 6.92 Å². The molecular formula is C15H19F3N2O. The van der Waals surface area contributed by atoms with Gasteiger partial charge < -0.3 is 10.6 Å². The smallest absolute Gasteiger partial charge is 0.326 e. The van der Waals surface area contributed by atoms with Crippen molar-refractivity contribution in [1.29, 1.82) is 0 Å². The van der Waals surface area contributed by atoms with Crippen molar-refractivity contribution >= 4 is 11.6 Å². The van der Waals surface area contributed by atoms with Crippen molar-refractivity contribution in [3.63, 3.8) is 0 Å². The monoisotopic (exact) mass is 300 g/mol. The number of rotatable bonds is 3. The topological polar surface area (TPSA) is 41.1 Å². The Hall–Kier alpha value is -1.56. The van der Waals surface area contributed by atoms with E-state index in [4.69, 9.17) is 0 Å². The summed E-state index contributed by atoms with van der Waals surface area (Å²) in [4.78, 5) is 12.5. The molecule has 1 amide bonds. The van der Waals surface area contributed by atoms with E-state index in [1.165, 1.54) is 12.1 Å². The van der Waals surface area contributed by atoms with Crippen molar-refractivity contribution in [3.8, 4) is 0 Å². The third-order valence-corrected chi connectivity index (χ3v) is 4.17. The van der Waals surface area contributed by atoms with Crippen molar-refractivity contribution in [3.05, 3.63) is 29.8 Å². The summed E-state index contributed by atoms with van der Waals surface area (Å²) in [6, 6.07) is 4.76. The van der Waals surface area contributed by atoms with Gasteiger partial charge in [-0.2, -0.15) is 13.2 Å². The number of carbonyl (C=O) groups is 1. The van der Waals surface area contributed by atoms with Crippen molar-refractivity contribution in [1.82, 2.24) is 5.32 Å². The fraction of sp³-hybridized carbons (Fsp3) is 0.533. The quantitative estimate of drug-likeness (QED) is 0.898. The Kier molecular flexibility index (Phi) is 4.56. The van der Waals surface area contributed by atoms with E-state index in [-0.39, 0.29) is 11.6 Å². The largest absolute Gasteiger partial charge is 0.416 e. The van der Waals surface area contributed by atoms with Gasteiger partial charge in [0, 0.05) is 5.69 Å². The van der Waals surface area contributed by atoms with Gasteiger partial charge in [-0.25, -0.2) is 0 Å². The summed E-state index contributed by atoms with van der Waals surface area (Å²) >= 11 is 0. The minimum atomic E-state index is -4.40. The van der Waals surface area contributed by atoms with Crippen molar-refractivity contribution in [2.75, 3.05) is 18.4 Å². The SMILES string of the molecule is CCC1(C(=O)Nc2cccc(C(F)(F)F)c2)CCNCC1. The highest BCUT2D eigenvalue weighted by Gasteiger charge is 2.38. The van der Waals surface area contributed by atoms with Crippen LogP contribution in [0.1, 0.15) is 31.7 Å². The molecule has 116 valence electrons. The molecule has 6 heteroatoms. The van der Waals surface area contributed by atoms with Crippen LogP contribution in [0.4, 0.5) is 18.9 Å². The molecule has 1 fully saturated rings. The van der Waals surface area contributed by atoms with E-state index in [0.717, 1.165) is 25.2 Å². The molecule has 0 atom stereocenters. The maximum Gasteiger partial charge on any atom is 0.416 e. The molecule has 0 spiro atoms. The lowest BCUT2D eigenvalue weighted by Crippen LogP contribution is -2.44. The molecule has 0 aliphatic carbocycles.